The van der Waals surface area contributed by atoms with Gasteiger partial charge in [-0.1, -0.05) is 22.9 Å². The van der Waals surface area contributed by atoms with Crippen molar-refractivity contribution >= 4 is 49.8 Å². The quantitative estimate of drug-likeness (QED) is 0.462. The smallest absolute Gasteiger partial charge is 0.267 e. The van der Waals surface area contributed by atoms with Gasteiger partial charge in [-0.2, -0.15) is 14.6 Å². The molecule has 0 aliphatic heterocycles. The fourth-order valence-corrected chi connectivity index (χ4v) is 3.83. The van der Waals surface area contributed by atoms with Crippen LogP contribution in [0.5, 0.6) is 0 Å². The van der Waals surface area contributed by atoms with Crippen LogP contribution in [-0.4, -0.2) is 29.1 Å². The Morgan fingerprint density at radius 1 is 1.17 bits per heavy atom. The minimum atomic E-state index is -0.206. The molecule has 24 heavy (non-hydrogen) atoms. The molecule has 5 rings (SSSR count). The van der Waals surface area contributed by atoms with E-state index in [0.29, 0.717) is 26.8 Å². The first kappa shape index (κ1) is 13.6. The second kappa shape index (κ2) is 4.83. The van der Waals surface area contributed by atoms with Crippen LogP contribution in [0.15, 0.2) is 47.8 Å². The monoisotopic (exact) mass is 354 g/mol. The molecule has 0 unspecified atom stereocenters. The van der Waals surface area contributed by atoms with Gasteiger partial charge in [0.25, 0.3) is 11.3 Å². The zero-order chi connectivity index (χ0) is 16.3. The van der Waals surface area contributed by atoms with Gasteiger partial charge in [0.1, 0.15) is 6.33 Å². The summed E-state index contributed by atoms with van der Waals surface area (Å²) in [7, 11) is 0. The third-order valence-corrected chi connectivity index (χ3v) is 4.97. The van der Waals surface area contributed by atoms with E-state index in [1.54, 1.807) is 22.8 Å². The number of pyridine rings is 1. The summed E-state index contributed by atoms with van der Waals surface area (Å²) in [6.07, 6.45) is 4.61. The standard InChI is InChI=1S/C15H7ClN6OS/c16-8-1-2-10-12(5-8)24-15(20-10)21-4-3-11-9(13(21)23)6-17-14-18-7-19-22(11)14/h1-7H. The van der Waals surface area contributed by atoms with Crippen molar-refractivity contribution in [2.75, 3.05) is 0 Å². The van der Waals surface area contributed by atoms with Gasteiger partial charge in [-0.05, 0) is 24.3 Å². The van der Waals surface area contributed by atoms with E-state index >= 15 is 0 Å². The first-order valence-corrected chi connectivity index (χ1v) is 8.17. The number of rotatable bonds is 1. The Hall–Kier alpha value is -2.84. The fraction of sp³-hybridized carbons (Fsp3) is 0. The van der Waals surface area contributed by atoms with Crippen molar-refractivity contribution in [1.29, 1.82) is 0 Å². The van der Waals surface area contributed by atoms with Crippen molar-refractivity contribution in [2.45, 2.75) is 0 Å². The number of halogens is 1. The van der Waals surface area contributed by atoms with E-state index in [4.69, 9.17) is 11.6 Å². The van der Waals surface area contributed by atoms with Gasteiger partial charge in [0.2, 0.25) is 0 Å². The van der Waals surface area contributed by atoms with E-state index in [2.05, 4.69) is 20.1 Å². The van der Waals surface area contributed by atoms with Crippen LogP contribution in [0.2, 0.25) is 5.02 Å². The van der Waals surface area contributed by atoms with E-state index in [-0.39, 0.29) is 5.56 Å². The lowest BCUT2D eigenvalue weighted by molar-refractivity contribution is 0.953. The highest BCUT2D eigenvalue weighted by molar-refractivity contribution is 7.20. The molecular weight excluding hydrogens is 348 g/mol. The Balaban J connectivity index is 1.80. The van der Waals surface area contributed by atoms with Crippen LogP contribution in [0.4, 0.5) is 0 Å². The van der Waals surface area contributed by atoms with Gasteiger partial charge >= 0.3 is 0 Å². The number of thiazole rings is 1. The van der Waals surface area contributed by atoms with Gasteiger partial charge in [0.15, 0.2) is 5.13 Å². The third kappa shape index (κ3) is 1.87. The first-order valence-electron chi connectivity index (χ1n) is 6.97. The molecule has 0 bridgehead atoms. The zero-order valence-electron chi connectivity index (χ0n) is 11.9. The molecule has 0 saturated carbocycles. The summed E-state index contributed by atoms with van der Waals surface area (Å²) < 4.78 is 3.97. The first-order chi connectivity index (χ1) is 11.7. The molecule has 0 aliphatic carbocycles. The highest BCUT2D eigenvalue weighted by Gasteiger charge is 2.12. The molecule has 0 radical (unpaired) electrons. The largest absolute Gasteiger partial charge is 0.268 e. The molecule has 4 heterocycles. The summed E-state index contributed by atoms with van der Waals surface area (Å²) in [5.41, 5.74) is 1.25. The minimum absolute atomic E-state index is 0.206. The van der Waals surface area contributed by atoms with E-state index in [1.165, 1.54) is 28.4 Å². The van der Waals surface area contributed by atoms with E-state index < -0.39 is 0 Å². The van der Waals surface area contributed by atoms with E-state index in [0.717, 1.165) is 10.2 Å². The van der Waals surface area contributed by atoms with E-state index in [9.17, 15) is 4.79 Å². The Labute approximate surface area is 142 Å². The SMILES string of the molecule is O=c1c2cnc3ncnn3c2ccn1-c1nc2ccc(Cl)cc2s1. The van der Waals surface area contributed by atoms with Crippen molar-refractivity contribution in [2.24, 2.45) is 0 Å². The second-order valence-electron chi connectivity index (χ2n) is 5.13. The van der Waals surface area contributed by atoms with Gasteiger partial charge in [-0.25, -0.2) is 9.97 Å². The predicted octanol–water partition coefficient (Wildman–Crippen LogP) is 2.69. The maximum absolute atomic E-state index is 12.8. The highest BCUT2D eigenvalue weighted by atomic mass is 35.5. The van der Waals surface area contributed by atoms with Crippen LogP contribution >= 0.6 is 22.9 Å². The number of fused-ring (bicyclic) bond motifs is 4. The van der Waals surface area contributed by atoms with Gasteiger partial charge in [0, 0.05) is 17.4 Å². The number of hydrogen-bond donors (Lipinski definition) is 0. The molecule has 0 saturated heterocycles. The zero-order valence-corrected chi connectivity index (χ0v) is 13.5. The lowest BCUT2D eigenvalue weighted by Crippen LogP contribution is -2.18. The van der Waals surface area contributed by atoms with Crippen molar-refractivity contribution in [3.8, 4) is 5.13 Å². The average molecular weight is 355 g/mol. The Morgan fingerprint density at radius 3 is 3.00 bits per heavy atom. The van der Waals surface area contributed by atoms with Gasteiger partial charge in [-0.15, -0.1) is 0 Å². The van der Waals surface area contributed by atoms with Crippen molar-refractivity contribution < 1.29 is 0 Å². The second-order valence-corrected chi connectivity index (χ2v) is 6.57. The van der Waals surface area contributed by atoms with Crippen LogP contribution in [0.1, 0.15) is 0 Å². The Kier molecular flexibility index (Phi) is 2.73. The Bertz CT molecular complexity index is 1300. The van der Waals surface area contributed by atoms with Crippen molar-refractivity contribution in [1.82, 2.24) is 29.1 Å². The lowest BCUT2D eigenvalue weighted by Gasteiger charge is -2.04. The molecular formula is C15H7ClN6OS. The molecule has 0 spiro atoms. The number of hydrogen-bond acceptors (Lipinski definition) is 6. The van der Waals surface area contributed by atoms with Crippen LogP contribution in [0.3, 0.4) is 0 Å². The molecule has 5 aromatic rings. The molecule has 116 valence electrons. The lowest BCUT2D eigenvalue weighted by atomic mass is 10.3. The number of benzene rings is 1. The molecule has 0 amide bonds. The van der Waals surface area contributed by atoms with E-state index in [1.807, 2.05) is 12.1 Å². The summed E-state index contributed by atoms with van der Waals surface area (Å²) in [5, 5.41) is 5.78. The van der Waals surface area contributed by atoms with Crippen molar-refractivity contribution in [3.05, 3.63) is 58.4 Å². The third-order valence-electron chi connectivity index (χ3n) is 3.72. The summed E-state index contributed by atoms with van der Waals surface area (Å²) >= 11 is 7.42. The van der Waals surface area contributed by atoms with Crippen LogP contribution in [-0.2, 0) is 0 Å². The normalized spacial score (nSPS) is 11.7. The molecule has 9 heteroatoms. The van der Waals surface area contributed by atoms with Gasteiger partial charge in [-0.3, -0.25) is 9.36 Å². The molecule has 0 aliphatic rings. The summed E-state index contributed by atoms with van der Waals surface area (Å²) in [6.45, 7) is 0. The summed E-state index contributed by atoms with van der Waals surface area (Å²) in [6, 6.07) is 7.26. The summed E-state index contributed by atoms with van der Waals surface area (Å²) in [5.74, 6) is 0.453. The molecule has 0 atom stereocenters. The fourth-order valence-electron chi connectivity index (χ4n) is 2.60. The van der Waals surface area contributed by atoms with Crippen LogP contribution in [0.25, 0.3) is 32.0 Å². The Morgan fingerprint density at radius 2 is 2.08 bits per heavy atom. The molecule has 0 N–H and O–H groups in total. The van der Waals surface area contributed by atoms with Crippen LogP contribution < -0.4 is 5.56 Å². The highest BCUT2D eigenvalue weighted by Crippen LogP contribution is 2.27. The van der Waals surface area contributed by atoms with Gasteiger partial charge < -0.3 is 0 Å². The summed E-state index contributed by atoms with van der Waals surface area (Å²) in [4.78, 5) is 25.5. The molecule has 0 fully saturated rings. The number of nitrogens with zero attached hydrogens (tertiary/aromatic N) is 6. The maximum atomic E-state index is 12.8. The maximum Gasteiger partial charge on any atom is 0.267 e. The topological polar surface area (TPSA) is 78.0 Å². The number of aromatic nitrogens is 6. The van der Waals surface area contributed by atoms with Crippen molar-refractivity contribution in [3.63, 3.8) is 0 Å². The van der Waals surface area contributed by atoms with Crippen LogP contribution in [0, 0.1) is 0 Å². The molecule has 1 aromatic carbocycles. The minimum Gasteiger partial charge on any atom is -0.268 e. The molecule has 4 aromatic heterocycles. The molecule has 7 nitrogen and oxygen atoms in total. The van der Waals surface area contributed by atoms with Gasteiger partial charge in [0.05, 0.1) is 21.1 Å². The predicted molar refractivity (Wildman–Crippen MR) is 92.1 cm³/mol. The average Bonchev–Trinajstić information content (AvgIpc) is 3.20.